The van der Waals surface area contributed by atoms with Crippen molar-refractivity contribution < 1.29 is 23.8 Å². The van der Waals surface area contributed by atoms with Gasteiger partial charge in [-0.05, 0) is 38.2 Å². The standard InChI is InChI=1S/C26H42N2O5/c1-4-7-16-31-22-12-10-20(14-15-27-26(30)21-11-13-23(29)28-19-21)24(32-17-8-5-2)25(22)33-18-9-6-3/h10,12,21H,4-9,11,13-19H2,1-3H3,(H,27,30)(H,28,29). The van der Waals surface area contributed by atoms with Crippen molar-refractivity contribution in [3.05, 3.63) is 17.7 Å². The number of nitrogens with one attached hydrogen (secondary N) is 2. The first-order chi connectivity index (χ1) is 16.1. The molecule has 1 aromatic rings. The molecule has 0 aromatic heterocycles. The van der Waals surface area contributed by atoms with Gasteiger partial charge < -0.3 is 24.8 Å². The number of amides is 2. The number of unbranched alkanes of at least 4 members (excludes halogenated alkanes) is 3. The largest absolute Gasteiger partial charge is 0.490 e. The number of carbonyl (C=O) groups is 2. The van der Waals surface area contributed by atoms with Crippen LogP contribution in [0.5, 0.6) is 17.2 Å². The van der Waals surface area contributed by atoms with Gasteiger partial charge in [0.05, 0.1) is 25.7 Å². The summed E-state index contributed by atoms with van der Waals surface area (Å²) in [6, 6.07) is 3.97. The Bertz CT molecular complexity index is 728. The maximum Gasteiger partial charge on any atom is 0.224 e. The molecule has 0 saturated carbocycles. The highest BCUT2D eigenvalue weighted by Gasteiger charge is 2.24. The van der Waals surface area contributed by atoms with E-state index in [-0.39, 0.29) is 17.7 Å². The average Bonchev–Trinajstić information content (AvgIpc) is 2.82. The van der Waals surface area contributed by atoms with Crippen LogP contribution in [0.25, 0.3) is 0 Å². The van der Waals surface area contributed by atoms with Crippen molar-refractivity contribution in [3.63, 3.8) is 0 Å². The van der Waals surface area contributed by atoms with Crippen molar-refractivity contribution in [1.29, 1.82) is 0 Å². The normalized spacial score (nSPS) is 15.6. The maximum atomic E-state index is 12.5. The van der Waals surface area contributed by atoms with E-state index >= 15 is 0 Å². The second-order valence-corrected chi connectivity index (χ2v) is 8.57. The Kier molecular flexibility index (Phi) is 12.5. The molecule has 1 aliphatic heterocycles. The summed E-state index contributed by atoms with van der Waals surface area (Å²) < 4.78 is 18.4. The van der Waals surface area contributed by atoms with Crippen LogP contribution in [-0.4, -0.2) is 44.7 Å². The van der Waals surface area contributed by atoms with E-state index in [0.29, 0.717) is 57.9 Å². The highest BCUT2D eigenvalue weighted by molar-refractivity contribution is 5.83. The van der Waals surface area contributed by atoms with Gasteiger partial charge in [0.15, 0.2) is 11.5 Å². The molecule has 2 amide bonds. The van der Waals surface area contributed by atoms with Gasteiger partial charge in [0.1, 0.15) is 0 Å². The molecule has 0 radical (unpaired) electrons. The number of piperidine rings is 1. The molecule has 2 rings (SSSR count). The quantitative estimate of drug-likeness (QED) is 0.356. The molecule has 7 heteroatoms. The molecule has 1 saturated heterocycles. The molecule has 0 bridgehead atoms. The zero-order valence-electron chi connectivity index (χ0n) is 20.7. The van der Waals surface area contributed by atoms with Crippen LogP contribution in [0.2, 0.25) is 0 Å². The lowest BCUT2D eigenvalue weighted by Gasteiger charge is -2.22. The number of carbonyl (C=O) groups excluding carboxylic acids is 2. The van der Waals surface area contributed by atoms with E-state index in [1.807, 2.05) is 12.1 Å². The van der Waals surface area contributed by atoms with E-state index in [0.717, 1.165) is 55.6 Å². The third-order valence-electron chi connectivity index (χ3n) is 5.73. The summed E-state index contributed by atoms with van der Waals surface area (Å²) in [6.07, 6.45) is 7.69. The van der Waals surface area contributed by atoms with Crippen LogP contribution in [-0.2, 0) is 16.0 Å². The maximum absolute atomic E-state index is 12.5. The lowest BCUT2D eigenvalue weighted by molar-refractivity contribution is -0.128. The molecule has 1 heterocycles. The van der Waals surface area contributed by atoms with E-state index in [1.54, 1.807) is 0 Å². The monoisotopic (exact) mass is 462 g/mol. The molecule has 186 valence electrons. The van der Waals surface area contributed by atoms with Gasteiger partial charge in [0.25, 0.3) is 0 Å². The van der Waals surface area contributed by atoms with Crippen LogP contribution < -0.4 is 24.8 Å². The Hall–Kier alpha value is -2.44. The molecule has 2 N–H and O–H groups in total. The first-order valence-corrected chi connectivity index (χ1v) is 12.7. The second kappa shape index (κ2) is 15.4. The summed E-state index contributed by atoms with van der Waals surface area (Å²) in [6.45, 7) is 9.18. The number of rotatable bonds is 16. The molecule has 1 unspecified atom stereocenters. The minimum absolute atomic E-state index is 0.0117. The van der Waals surface area contributed by atoms with E-state index < -0.39 is 0 Å². The molecule has 1 atom stereocenters. The summed E-state index contributed by atoms with van der Waals surface area (Å²) in [5.74, 6) is 1.97. The molecule has 0 aliphatic carbocycles. The molecule has 33 heavy (non-hydrogen) atoms. The van der Waals surface area contributed by atoms with Crippen LogP contribution in [0.3, 0.4) is 0 Å². The lowest BCUT2D eigenvalue weighted by Crippen LogP contribution is -2.43. The summed E-state index contributed by atoms with van der Waals surface area (Å²) >= 11 is 0. The van der Waals surface area contributed by atoms with E-state index in [9.17, 15) is 9.59 Å². The Morgan fingerprint density at radius 2 is 1.61 bits per heavy atom. The molecule has 1 aromatic carbocycles. The van der Waals surface area contributed by atoms with Crippen LogP contribution in [0.15, 0.2) is 12.1 Å². The summed E-state index contributed by atoms with van der Waals surface area (Å²) in [7, 11) is 0. The van der Waals surface area contributed by atoms with Crippen molar-refractivity contribution in [2.75, 3.05) is 32.9 Å². The molecule has 0 spiro atoms. The predicted molar refractivity (Wildman–Crippen MR) is 130 cm³/mol. The van der Waals surface area contributed by atoms with Gasteiger partial charge >= 0.3 is 0 Å². The highest BCUT2D eigenvalue weighted by Crippen LogP contribution is 2.41. The Morgan fingerprint density at radius 1 is 0.970 bits per heavy atom. The number of ether oxygens (including phenoxy) is 3. The van der Waals surface area contributed by atoms with Gasteiger partial charge in [-0.25, -0.2) is 0 Å². The van der Waals surface area contributed by atoms with Crippen molar-refractivity contribution in [1.82, 2.24) is 10.6 Å². The minimum atomic E-state index is -0.162. The fraction of sp³-hybridized carbons (Fsp3) is 0.692. The van der Waals surface area contributed by atoms with E-state index in [1.165, 1.54) is 0 Å². The Labute approximate surface area is 198 Å². The first kappa shape index (κ1) is 26.8. The fourth-order valence-corrected chi connectivity index (χ4v) is 3.58. The van der Waals surface area contributed by atoms with Crippen molar-refractivity contribution in [2.24, 2.45) is 5.92 Å². The smallest absolute Gasteiger partial charge is 0.224 e. The van der Waals surface area contributed by atoms with Crippen molar-refractivity contribution in [2.45, 2.75) is 78.6 Å². The predicted octanol–water partition coefficient (Wildman–Crippen LogP) is 4.41. The number of hydrogen-bond donors (Lipinski definition) is 2. The lowest BCUT2D eigenvalue weighted by atomic mass is 9.98. The van der Waals surface area contributed by atoms with Crippen molar-refractivity contribution >= 4 is 11.8 Å². The van der Waals surface area contributed by atoms with Gasteiger partial charge in [-0.1, -0.05) is 46.1 Å². The summed E-state index contributed by atoms with van der Waals surface area (Å²) in [4.78, 5) is 23.8. The number of benzene rings is 1. The molecular formula is C26H42N2O5. The zero-order chi connectivity index (χ0) is 23.9. The van der Waals surface area contributed by atoms with Gasteiger partial charge in [0.2, 0.25) is 17.6 Å². The van der Waals surface area contributed by atoms with Crippen LogP contribution in [0.1, 0.15) is 77.7 Å². The second-order valence-electron chi connectivity index (χ2n) is 8.57. The van der Waals surface area contributed by atoms with E-state index in [2.05, 4.69) is 31.4 Å². The van der Waals surface area contributed by atoms with Crippen LogP contribution >= 0.6 is 0 Å². The molecule has 1 fully saturated rings. The van der Waals surface area contributed by atoms with Crippen LogP contribution in [0, 0.1) is 5.92 Å². The topological polar surface area (TPSA) is 85.9 Å². The van der Waals surface area contributed by atoms with Crippen LogP contribution in [0.4, 0.5) is 0 Å². The fourth-order valence-electron chi connectivity index (χ4n) is 3.58. The average molecular weight is 463 g/mol. The van der Waals surface area contributed by atoms with E-state index in [4.69, 9.17) is 14.2 Å². The van der Waals surface area contributed by atoms with Gasteiger partial charge in [-0.15, -0.1) is 0 Å². The number of hydrogen-bond acceptors (Lipinski definition) is 5. The summed E-state index contributed by atoms with van der Waals surface area (Å²) in [5, 5.41) is 5.79. The third kappa shape index (κ3) is 9.14. The molecular weight excluding hydrogens is 420 g/mol. The molecule has 1 aliphatic rings. The summed E-state index contributed by atoms with van der Waals surface area (Å²) in [5.41, 5.74) is 0.998. The highest BCUT2D eigenvalue weighted by atomic mass is 16.5. The van der Waals surface area contributed by atoms with Crippen molar-refractivity contribution in [3.8, 4) is 17.2 Å². The Balaban J connectivity index is 2.11. The third-order valence-corrected chi connectivity index (χ3v) is 5.73. The van der Waals surface area contributed by atoms with Gasteiger partial charge in [-0.2, -0.15) is 0 Å². The van der Waals surface area contributed by atoms with Gasteiger partial charge in [-0.3, -0.25) is 9.59 Å². The Morgan fingerprint density at radius 3 is 2.21 bits per heavy atom. The zero-order valence-corrected chi connectivity index (χ0v) is 20.7. The SMILES string of the molecule is CCCCOc1ccc(CCNC(=O)C2CCC(=O)NC2)c(OCCCC)c1OCCCC. The molecule has 7 nitrogen and oxygen atoms in total. The van der Waals surface area contributed by atoms with Gasteiger partial charge in [0, 0.05) is 25.1 Å². The minimum Gasteiger partial charge on any atom is -0.490 e. The first-order valence-electron chi connectivity index (χ1n) is 12.7.